The van der Waals surface area contributed by atoms with E-state index in [9.17, 15) is 28.8 Å². The predicted octanol–water partition coefficient (Wildman–Crippen LogP) is 3.05. The second-order valence-electron chi connectivity index (χ2n) is 12.7. The molecule has 3 atom stereocenters. The highest BCUT2D eigenvalue weighted by Crippen LogP contribution is 2.09. The van der Waals surface area contributed by atoms with Crippen LogP contribution in [0.5, 0.6) is 0 Å². The molecule has 0 aromatic heterocycles. The quantitative estimate of drug-likeness (QED) is 0.0993. The van der Waals surface area contributed by atoms with Gasteiger partial charge in [0.15, 0.2) is 0 Å². The van der Waals surface area contributed by atoms with E-state index in [1.807, 2.05) is 6.07 Å². The normalized spacial score (nSPS) is 13.1. The number of carbonyl (C=O) groups is 6. The Balaban J connectivity index is 2.78. The van der Waals surface area contributed by atoms with E-state index in [0.717, 1.165) is 5.56 Å². The van der Waals surface area contributed by atoms with Gasteiger partial charge in [-0.25, -0.2) is 19.2 Å². The number of rotatable bonds is 16. The van der Waals surface area contributed by atoms with Gasteiger partial charge in [0.25, 0.3) is 0 Å². The maximum Gasteiger partial charge on any atom is 0.408 e. The highest BCUT2D eigenvalue weighted by molar-refractivity contribution is 5.92. The first kappa shape index (κ1) is 40.5. The van der Waals surface area contributed by atoms with Gasteiger partial charge in [-0.05, 0) is 79.7 Å². The first-order chi connectivity index (χ1) is 21.9. The van der Waals surface area contributed by atoms with Gasteiger partial charge >= 0.3 is 24.2 Å². The maximum absolute atomic E-state index is 13.2. The van der Waals surface area contributed by atoms with Crippen molar-refractivity contribution >= 4 is 36.1 Å². The van der Waals surface area contributed by atoms with Crippen LogP contribution in [0.3, 0.4) is 0 Å². The molecule has 0 bridgehead atoms. The van der Waals surface area contributed by atoms with E-state index in [1.54, 1.807) is 65.8 Å². The molecular weight excluding hydrogens is 614 g/mol. The Hall–Kier alpha value is -4.56. The SMILES string of the molecule is COC(=O)[C@@H](CCCNC(=O)OC(C)(C)C)NC(=O)[C@@H](C)NC(=O)[C@@H](CCCNC(=O)OC(C)(C)C)NC(=O)OCc1ccccc1. The number of ether oxygens (including phenoxy) is 4. The predicted molar refractivity (Wildman–Crippen MR) is 172 cm³/mol. The largest absolute Gasteiger partial charge is 0.467 e. The first-order valence-corrected chi connectivity index (χ1v) is 15.5. The number of esters is 1. The molecule has 0 aliphatic rings. The third-order valence-electron chi connectivity index (χ3n) is 6.05. The monoisotopic (exact) mass is 665 g/mol. The van der Waals surface area contributed by atoms with Gasteiger partial charge < -0.3 is 45.5 Å². The van der Waals surface area contributed by atoms with E-state index in [-0.39, 0.29) is 39.0 Å². The number of hydrogen-bond acceptors (Lipinski definition) is 10. The van der Waals surface area contributed by atoms with Crippen molar-refractivity contribution in [2.24, 2.45) is 0 Å². The summed E-state index contributed by atoms with van der Waals surface area (Å²) in [6.45, 7) is 12.1. The smallest absolute Gasteiger partial charge is 0.408 e. The van der Waals surface area contributed by atoms with Gasteiger partial charge in [0.2, 0.25) is 11.8 Å². The zero-order valence-corrected chi connectivity index (χ0v) is 28.7. The average molecular weight is 666 g/mol. The molecule has 1 rings (SSSR count). The Morgan fingerprint density at radius 2 is 1.19 bits per heavy atom. The van der Waals surface area contributed by atoms with Crippen LogP contribution < -0.4 is 26.6 Å². The Morgan fingerprint density at radius 3 is 1.68 bits per heavy atom. The zero-order valence-electron chi connectivity index (χ0n) is 28.7. The summed E-state index contributed by atoms with van der Waals surface area (Å²) in [5.41, 5.74) is -0.602. The van der Waals surface area contributed by atoms with Gasteiger partial charge in [-0.3, -0.25) is 9.59 Å². The highest BCUT2D eigenvalue weighted by Gasteiger charge is 2.28. The maximum atomic E-state index is 13.2. The molecule has 0 radical (unpaired) electrons. The van der Waals surface area contributed by atoms with Crippen LogP contribution in [0.1, 0.15) is 79.7 Å². The molecule has 0 aliphatic heterocycles. The molecule has 5 amide bonds. The molecule has 0 unspecified atom stereocenters. The number of methoxy groups -OCH3 is 1. The van der Waals surface area contributed by atoms with E-state index in [4.69, 9.17) is 18.9 Å². The number of benzene rings is 1. The first-order valence-electron chi connectivity index (χ1n) is 15.5. The molecule has 15 heteroatoms. The molecule has 5 N–H and O–H groups in total. The Kier molecular flexibility index (Phi) is 17.1. The fraction of sp³-hybridized carbons (Fsp3) is 0.625. The molecule has 0 saturated heterocycles. The minimum atomic E-state index is -1.12. The van der Waals surface area contributed by atoms with Gasteiger partial charge in [0.1, 0.15) is 35.9 Å². The Labute approximate surface area is 276 Å². The lowest BCUT2D eigenvalue weighted by atomic mass is 10.1. The number of amides is 5. The third kappa shape index (κ3) is 18.9. The molecule has 264 valence electrons. The number of carbonyl (C=O) groups excluding carboxylic acids is 6. The summed E-state index contributed by atoms with van der Waals surface area (Å²) in [7, 11) is 1.18. The van der Waals surface area contributed by atoms with Gasteiger partial charge in [-0.2, -0.15) is 0 Å². The fourth-order valence-corrected chi connectivity index (χ4v) is 3.86. The molecule has 0 fully saturated rings. The Bertz CT molecular complexity index is 1180. The third-order valence-corrected chi connectivity index (χ3v) is 6.05. The molecule has 15 nitrogen and oxygen atoms in total. The molecule has 0 aliphatic carbocycles. The summed E-state index contributed by atoms with van der Waals surface area (Å²) >= 11 is 0. The van der Waals surface area contributed by atoms with Gasteiger partial charge in [0, 0.05) is 13.1 Å². The van der Waals surface area contributed by atoms with Crippen LogP contribution in [0.25, 0.3) is 0 Å². The fourth-order valence-electron chi connectivity index (χ4n) is 3.86. The van der Waals surface area contributed by atoms with Crippen molar-refractivity contribution in [2.75, 3.05) is 20.2 Å². The number of hydrogen-bond donors (Lipinski definition) is 5. The summed E-state index contributed by atoms with van der Waals surface area (Å²) in [5.74, 6) is -2.06. The van der Waals surface area contributed by atoms with Crippen LogP contribution in [0.2, 0.25) is 0 Å². The highest BCUT2D eigenvalue weighted by atomic mass is 16.6. The van der Waals surface area contributed by atoms with Crippen LogP contribution in [-0.2, 0) is 39.9 Å². The van der Waals surface area contributed by atoms with Crippen LogP contribution in [0, 0.1) is 0 Å². The van der Waals surface area contributed by atoms with Gasteiger partial charge in [-0.1, -0.05) is 30.3 Å². The lowest BCUT2D eigenvalue weighted by Gasteiger charge is -2.23. The van der Waals surface area contributed by atoms with E-state index in [0.29, 0.717) is 6.42 Å². The van der Waals surface area contributed by atoms with Crippen molar-refractivity contribution in [1.29, 1.82) is 0 Å². The molecule has 0 heterocycles. The van der Waals surface area contributed by atoms with E-state index in [2.05, 4.69) is 26.6 Å². The minimum Gasteiger partial charge on any atom is -0.467 e. The lowest BCUT2D eigenvalue weighted by molar-refractivity contribution is -0.145. The van der Waals surface area contributed by atoms with Crippen molar-refractivity contribution in [3.63, 3.8) is 0 Å². The number of alkyl carbamates (subject to hydrolysis) is 3. The molecule has 0 saturated carbocycles. The summed E-state index contributed by atoms with van der Waals surface area (Å²) < 4.78 is 20.4. The molecule has 0 spiro atoms. The van der Waals surface area contributed by atoms with E-state index < -0.39 is 65.4 Å². The van der Waals surface area contributed by atoms with E-state index in [1.165, 1.54) is 14.0 Å². The van der Waals surface area contributed by atoms with Crippen LogP contribution in [-0.4, -0.2) is 85.6 Å². The second-order valence-corrected chi connectivity index (χ2v) is 12.7. The summed E-state index contributed by atoms with van der Waals surface area (Å²) in [4.78, 5) is 74.9. The molecule has 47 heavy (non-hydrogen) atoms. The van der Waals surface area contributed by atoms with E-state index >= 15 is 0 Å². The van der Waals surface area contributed by atoms with Gasteiger partial charge in [0.05, 0.1) is 7.11 Å². The summed E-state index contributed by atoms with van der Waals surface area (Å²) in [6.07, 6.45) is -1.27. The summed E-state index contributed by atoms with van der Waals surface area (Å²) in [5, 5.41) is 12.8. The minimum absolute atomic E-state index is 0.0256. The van der Waals surface area contributed by atoms with Crippen molar-refractivity contribution < 1.29 is 47.7 Å². The van der Waals surface area contributed by atoms with Crippen LogP contribution >= 0.6 is 0 Å². The number of nitrogens with one attached hydrogen (secondary N) is 5. The molecule has 1 aromatic rings. The molecular formula is C32H51N5O10. The van der Waals surface area contributed by atoms with Crippen molar-refractivity contribution in [3.05, 3.63) is 35.9 Å². The van der Waals surface area contributed by atoms with Gasteiger partial charge in [-0.15, -0.1) is 0 Å². The standard InChI is InChI=1S/C32H51N5O10/c1-21(25(38)36-24(27(40)44-8)17-13-19-34-29(42)47-32(5,6)7)35-26(39)23(16-12-18-33-28(41)46-31(2,3)4)37-30(43)45-20-22-14-10-9-11-15-22/h9-11,14-15,21,23-24H,12-13,16-20H2,1-8H3,(H,33,41)(H,34,42)(H,35,39)(H,36,38)(H,37,43)/t21-,23-,24-/m1/s1. The Morgan fingerprint density at radius 1 is 0.681 bits per heavy atom. The average Bonchev–Trinajstić information content (AvgIpc) is 2.97. The summed E-state index contributed by atoms with van der Waals surface area (Å²) in [6, 6.07) is 5.68. The second kappa shape index (κ2) is 19.8. The topological polar surface area (TPSA) is 199 Å². The lowest BCUT2D eigenvalue weighted by Crippen LogP contribution is -2.55. The molecule has 1 aromatic carbocycles. The van der Waals surface area contributed by atoms with Crippen LogP contribution in [0.4, 0.5) is 14.4 Å². The van der Waals surface area contributed by atoms with Crippen molar-refractivity contribution in [2.45, 2.75) is 110 Å². The van der Waals surface area contributed by atoms with Crippen molar-refractivity contribution in [1.82, 2.24) is 26.6 Å². The van der Waals surface area contributed by atoms with Crippen molar-refractivity contribution in [3.8, 4) is 0 Å². The zero-order chi connectivity index (χ0) is 35.6. The van der Waals surface area contributed by atoms with Crippen LogP contribution in [0.15, 0.2) is 30.3 Å².